The molecule has 9 heteroatoms. The number of sulfonamides is 1. The van der Waals surface area contributed by atoms with E-state index in [0.717, 1.165) is 10.0 Å². The molecule has 0 saturated heterocycles. The number of halogens is 1. The predicted octanol–water partition coefficient (Wildman–Crippen LogP) is 3.44. The summed E-state index contributed by atoms with van der Waals surface area (Å²) in [5.41, 5.74) is 0.786. The van der Waals surface area contributed by atoms with Crippen LogP contribution in [0.5, 0.6) is 0 Å². The fourth-order valence-electron chi connectivity index (χ4n) is 2.20. The molecule has 0 fully saturated rings. The lowest BCUT2D eigenvalue weighted by Crippen LogP contribution is -2.31. The maximum absolute atomic E-state index is 12.3. The van der Waals surface area contributed by atoms with Gasteiger partial charge in [0.1, 0.15) is 5.76 Å². The second-order valence-electron chi connectivity index (χ2n) is 5.27. The highest BCUT2D eigenvalue weighted by molar-refractivity contribution is 9.10. The van der Waals surface area contributed by atoms with Crippen molar-refractivity contribution in [2.45, 2.75) is 20.0 Å². The first-order chi connectivity index (χ1) is 12.0. The van der Waals surface area contributed by atoms with Crippen molar-refractivity contribution in [1.29, 1.82) is 0 Å². The molecule has 0 aliphatic heterocycles. The van der Waals surface area contributed by atoms with Gasteiger partial charge in [-0.05, 0) is 43.3 Å². The van der Waals surface area contributed by atoms with E-state index in [1.165, 1.54) is 10.6 Å². The zero-order valence-electron chi connectivity index (χ0n) is 13.4. The number of furan rings is 1. The summed E-state index contributed by atoms with van der Waals surface area (Å²) < 4.78 is 37.4. The summed E-state index contributed by atoms with van der Waals surface area (Å²) in [6.45, 7) is 1.69. The van der Waals surface area contributed by atoms with Gasteiger partial charge in [-0.25, -0.2) is 8.42 Å². The largest absolute Gasteiger partial charge is 0.468 e. The van der Waals surface area contributed by atoms with E-state index in [1.807, 2.05) is 24.3 Å². The maximum Gasteiger partial charge on any atom is 0.242 e. The minimum absolute atomic E-state index is 0.0135. The van der Waals surface area contributed by atoms with Crippen molar-refractivity contribution in [1.82, 2.24) is 14.4 Å². The van der Waals surface area contributed by atoms with Crippen molar-refractivity contribution in [2.75, 3.05) is 5.75 Å². The Kier molecular flexibility index (Phi) is 5.36. The number of hydrogen-bond acceptors (Lipinski definition) is 6. The van der Waals surface area contributed by atoms with E-state index in [1.54, 1.807) is 19.1 Å². The summed E-state index contributed by atoms with van der Waals surface area (Å²) in [6.07, 6.45) is 1.50. The average Bonchev–Trinajstić information content (AvgIpc) is 3.27. The van der Waals surface area contributed by atoms with E-state index in [4.69, 9.17) is 8.94 Å². The van der Waals surface area contributed by atoms with Crippen LogP contribution in [0, 0.1) is 0 Å². The third kappa shape index (κ3) is 4.36. The summed E-state index contributed by atoms with van der Waals surface area (Å²) in [6, 6.07) is 10.9. The van der Waals surface area contributed by atoms with Crippen LogP contribution in [0.15, 0.2) is 56.1 Å². The zero-order valence-corrected chi connectivity index (χ0v) is 15.8. The van der Waals surface area contributed by atoms with E-state index in [9.17, 15) is 8.42 Å². The molecule has 2 aromatic heterocycles. The van der Waals surface area contributed by atoms with Crippen molar-refractivity contribution in [3.05, 3.63) is 58.8 Å². The lowest BCUT2D eigenvalue weighted by atomic mass is 10.2. The van der Waals surface area contributed by atoms with E-state index in [0.29, 0.717) is 11.6 Å². The van der Waals surface area contributed by atoms with Crippen LogP contribution in [-0.4, -0.2) is 28.6 Å². The second kappa shape index (κ2) is 7.51. The SMILES string of the molecule is CCS(=O)(=O)N(Cc1ccco1)Cc1nc(-c2ccc(Br)cc2)no1. The molecule has 0 aliphatic rings. The number of benzene rings is 1. The van der Waals surface area contributed by atoms with Gasteiger partial charge in [0.15, 0.2) is 0 Å². The molecule has 0 bridgehead atoms. The Bertz CT molecular complexity index is 921. The number of rotatable bonds is 7. The molecule has 3 rings (SSSR count). The zero-order chi connectivity index (χ0) is 17.9. The quantitative estimate of drug-likeness (QED) is 0.575. The molecular formula is C16H16BrN3O4S. The molecule has 0 aliphatic carbocycles. The second-order valence-corrected chi connectivity index (χ2v) is 8.44. The minimum Gasteiger partial charge on any atom is -0.468 e. The fraction of sp³-hybridized carbons (Fsp3) is 0.250. The molecule has 25 heavy (non-hydrogen) atoms. The van der Waals surface area contributed by atoms with Gasteiger partial charge in [-0.1, -0.05) is 21.1 Å². The third-order valence-electron chi connectivity index (χ3n) is 3.55. The molecule has 0 amide bonds. The van der Waals surface area contributed by atoms with Crippen LogP contribution < -0.4 is 0 Å². The molecule has 0 N–H and O–H groups in total. The van der Waals surface area contributed by atoms with Crippen LogP contribution in [0.3, 0.4) is 0 Å². The lowest BCUT2D eigenvalue weighted by molar-refractivity contribution is 0.298. The van der Waals surface area contributed by atoms with Gasteiger partial charge in [-0.3, -0.25) is 0 Å². The minimum atomic E-state index is -3.46. The van der Waals surface area contributed by atoms with Crippen molar-refractivity contribution >= 4 is 26.0 Å². The average molecular weight is 426 g/mol. The smallest absolute Gasteiger partial charge is 0.242 e. The monoisotopic (exact) mass is 425 g/mol. The summed E-state index contributed by atoms with van der Waals surface area (Å²) >= 11 is 3.37. The normalized spacial score (nSPS) is 12.0. The molecule has 0 saturated carbocycles. The Labute approximate surface area is 153 Å². The van der Waals surface area contributed by atoms with Crippen molar-refractivity contribution in [3.63, 3.8) is 0 Å². The van der Waals surface area contributed by atoms with Gasteiger partial charge in [0.25, 0.3) is 0 Å². The van der Waals surface area contributed by atoms with E-state index in [2.05, 4.69) is 26.1 Å². The van der Waals surface area contributed by atoms with Gasteiger partial charge in [0.2, 0.25) is 21.7 Å². The molecule has 0 atom stereocenters. The van der Waals surface area contributed by atoms with Gasteiger partial charge in [0.05, 0.1) is 25.1 Å². The third-order valence-corrected chi connectivity index (χ3v) is 5.86. The molecule has 0 unspecified atom stereocenters. The Balaban J connectivity index is 1.81. The Morgan fingerprint density at radius 1 is 1.16 bits per heavy atom. The summed E-state index contributed by atoms with van der Waals surface area (Å²) in [4.78, 5) is 4.30. The first kappa shape index (κ1) is 17.8. The van der Waals surface area contributed by atoms with Crippen LogP contribution in [0.2, 0.25) is 0 Å². The van der Waals surface area contributed by atoms with Crippen molar-refractivity contribution in [3.8, 4) is 11.4 Å². The molecule has 7 nitrogen and oxygen atoms in total. The number of aromatic nitrogens is 2. The summed E-state index contributed by atoms with van der Waals surface area (Å²) in [5.74, 6) is 1.15. The number of hydrogen-bond donors (Lipinski definition) is 0. The van der Waals surface area contributed by atoms with E-state index >= 15 is 0 Å². The fourth-order valence-corrected chi connectivity index (χ4v) is 3.46. The molecule has 3 aromatic rings. The van der Waals surface area contributed by atoms with Gasteiger partial charge < -0.3 is 8.94 Å². The van der Waals surface area contributed by atoms with Crippen molar-refractivity contribution < 1.29 is 17.4 Å². The summed E-state index contributed by atoms with van der Waals surface area (Å²) in [7, 11) is -3.46. The highest BCUT2D eigenvalue weighted by atomic mass is 79.9. The Hall–Kier alpha value is -1.97. The predicted molar refractivity (Wildman–Crippen MR) is 94.8 cm³/mol. The highest BCUT2D eigenvalue weighted by Crippen LogP contribution is 2.20. The summed E-state index contributed by atoms with van der Waals surface area (Å²) in [5, 5.41) is 3.93. The topological polar surface area (TPSA) is 89.4 Å². The highest BCUT2D eigenvalue weighted by Gasteiger charge is 2.24. The first-order valence-corrected chi connectivity index (χ1v) is 9.97. The van der Waals surface area contributed by atoms with E-state index in [-0.39, 0.29) is 24.7 Å². The first-order valence-electron chi connectivity index (χ1n) is 7.56. The van der Waals surface area contributed by atoms with Gasteiger partial charge in [-0.15, -0.1) is 0 Å². The maximum atomic E-state index is 12.3. The Morgan fingerprint density at radius 2 is 1.92 bits per heavy atom. The number of nitrogens with zero attached hydrogens (tertiary/aromatic N) is 3. The van der Waals surface area contributed by atoms with Gasteiger partial charge in [0, 0.05) is 10.0 Å². The molecule has 2 heterocycles. The molecule has 132 valence electrons. The molecule has 1 aromatic carbocycles. The van der Waals surface area contributed by atoms with Crippen LogP contribution in [0.1, 0.15) is 18.6 Å². The standard InChI is InChI=1S/C16H16BrN3O4S/c1-2-25(21,22)20(10-14-4-3-9-23-14)11-15-18-16(19-24-15)12-5-7-13(17)8-6-12/h3-9H,2,10-11H2,1H3. The van der Waals surface area contributed by atoms with Gasteiger partial charge in [-0.2, -0.15) is 9.29 Å². The van der Waals surface area contributed by atoms with Crippen LogP contribution in [0.4, 0.5) is 0 Å². The Morgan fingerprint density at radius 3 is 2.56 bits per heavy atom. The lowest BCUT2D eigenvalue weighted by Gasteiger charge is -2.18. The van der Waals surface area contributed by atoms with Crippen LogP contribution >= 0.6 is 15.9 Å². The van der Waals surface area contributed by atoms with Crippen LogP contribution in [-0.2, 0) is 23.1 Å². The van der Waals surface area contributed by atoms with E-state index < -0.39 is 10.0 Å². The molecule has 0 radical (unpaired) electrons. The molecule has 0 spiro atoms. The van der Waals surface area contributed by atoms with Gasteiger partial charge >= 0.3 is 0 Å². The molecular weight excluding hydrogens is 410 g/mol. The van der Waals surface area contributed by atoms with Crippen LogP contribution in [0.25, 0.3) is 11.4 Å². The van der Waals surface area contributed by atoms with Crippen molar-refractivity contribution in [2.24, 2.45) is 0 Å².